The molecule has 0 fully saturated rings. The predicted octanol–water partition coefficient (Wildman–Crippen LogP) is 3.77. The minimum atomic E-state index is -0.0545. The number of ether oxygens (including phenoxy) is 3. The molecule has 0 N–H and O–H groups in total. The van der Waals surface area contributed by atoms with Crippen molar-refractivity contribution in [2.24, 2.45) is 0 Å². The summed E-state index contributed by atoms with van der Waals surface area (Å²) in [5.74, 6) is 2.11. The maximum atomic E-state index is 12.5. The van der Waals surface area contributed by atoms with Crippen molar-refractivity contribution in [3.8, 4) is 17.2 Å². The summed E-state index contributed by atoms with van der Waals surface area (Å²) in [5, 5.41) is 0. The largest absolute Gasteiger partial charge is 0.497 e. The van der Waals surface area contributed by atoms with E-state index in [2.05, 4.69) is 0 Å². The van der Waals surface area contributed by atoms with Gasteiger partial charge >= 0.3 is 0 Å². The Balaban J connectivity index is 2.09. The van der Waals surface area contributed by atoms with Gasteiger partial charge in [-0.05, 0) is 42.8 Å². The molecule has 2 aromatic rings. The van der Waals surface area contributed by atoms with Crippen LogP contribution in [0.3, 0.4) is 0 Å². The lowest BCUT2D eigenvalue weighted by Crippen LogP contribution is -2.28. The Labute approximate surface area is 154 Å². The Bertz CT molecular complexity index is 753. The van der Waals surface area contributed by atoms with Gasteiger partial charge < -0.3 is 19.1 Å². The Morgan fingerprint density at radius 3 is 2.19 bits per heavy atom. The number of carbonyl (C=O) groups is 1. The van der Waals surface area contributed by atoms with Gasteiger partial charge in [-0.3, -0.25) is 4.79 Å². The van der Waals surface area contributed by atoms with E-state index in [9.17, 15) is 4.79 Å². The van der Waals surface area contributed by atoms with Crippen LogP contribution in [0.4, 0.5) is 0 Å². The van der Waals surface area contributed by atoms with Gasteiger partial charge in [0.05, 0.1) is 21.3 Å². The number of carbonyl (C=O) groups excluding carboxylic acids is 1. The van der Waals surface area contributed by atoms with Crippen LogP contribution < -0.4 is 14.2 Å². The molecule has 0 bridgehead atoms. The highest BCUT2D eigenvalue weighted by molar-refractivity contribution is 5.92. The molecule has 0 heterocycles. The van der Waals surface area contributed by atoms with Crippen LogP contribution >= 0.6 is 0 Å². The smallest absolute Gasteiger partial charge is 0.246 e. The maximum Gasteiger partial charge on any atom is 0.246 e. The van der Waals surface area contributed by atoms with Crippen molar-refractivity contribution in [1.82, 2.24) is 4.90 Å². The van der Waals surface area contributed by atoms with E-state index in [0.717, 1.165) is 16.9 Å². The minimum absolute atomic E-state index is 0.0545. The molecule has 0 aliphatic heterocycles. The summed E-state index contributed by atoms with van der Waals surface area (Å²) in [6.45, 7) is 3.13. The third kappa shape index (κ3) is 5.02. The first kappa shape index (κ1) is 19.4. The van der Waals surface area contributed by atoms with Crippen molar-refractivity contribution in [3.05, 3.63) is 59.7 Å². The van der Waals surface area contributed by atoms with Crippen molar-refractivity contribution in [2.45, 2.75) is 13.5 Å². The minimum Gasteiger partial charge on any atom is -0.497 e. The summed E-state index contributed by atoms with van der Waals surface area (Å²) in [4.78, 5) is 14.3. The Kier molecular flexibility index (Phi) is 7.09. The molecule has 0 radical (unpaired) electrons. The molecule has 0 aliphatic carbocycles. The normalized spacial score (nSPS) is 10.6. The van der Waals surface area contributed by atoms with Crippen LogP contribution in [-0.2, 0) is 11.3 Å². The number of likely N-dealkylation sites (N-methyl/N-ethyl adjacent to an activating group) is 1. The third-order valence-electron chi connectivity index (χ3n) is 4.07. The molecule has 5 heteroatoms. The molecular weight excluding hydrogens is 330 g/mol. The molecule has 0 aromatic heterocycles. The molecule has 0 saturated heterocycles. The molecule has 0 spiro atoms. The number of hydrogen-bond donors (Lipinski definition) is 0. The zero-order valence-corrected chi connectivity index (χ0v) is 15.7. The highest BCUT2D eigenvalue weighted by Gasteiger charge is 2.10. The first-order valence-electron chi connectivity index (χ1n) is 8.43. The Morgan fingerprint density at radius 1 is 0.962 bits per heavy atom. The molecule has 2 rings (SSSR count). The second-order valence-corrected chi connectivity index (χ2v) is 5.64. The molecule has 0 atom stereocenters. The van der Waals surface area contributed by atoms with E-state index in [1.54, 1.807) is 44.4 Å². The SMILES string of the molecule is CCN(Cc1ccc(OC)cc1)C(=O)/C=C/c1ccc(OC)cc1OC. The fourth-order valence-electron chi connectivity index (χ4n) is 2.52. The first-order valence-corrected chi connectivity index (χ1v) is 8.43. The third-order valence-corrected chi connectivity index (χ3v) is 4.07. The summed E-state index contributed by atoms with van der Waals surface area (Å²) < 4.78 is 15.7. The topological polar surface area (TPSA) is 48.0 Å². The van der Waals surface area contributed by atoms with Gasteiger partial charge in [-0.15, -0.1) is 0 Å². The average molecular weight is 355 g/mol. The van der Waals surface area contributed by atoms with Gasteiger partial charge in [-0.2, -0.15) is 0 Å². The van der Waals surface area contributed by atoms with Crippen LogP contribution in [0.25, 0.3) is 6.08 Å². The van der Waals surface area contributed by atoms with E-state index in [1.807, 2.05) is 43.3 Å². The molecule has 26 heavy (non-hydrogen) atoms. The van der Waals surface area contributed by atoms with Crippen LogP contribution in [0.2, 0.25) is 0 Å². The summed E-state index contributed by atoms with van der Waals surface area (Å²) >= 11 is 0. The first-order chi connectivity index (χ1) is 12.6. The molecule has 138 valence electrons. The van der Waals surface area contributed by atoms with E-state index in [0.29, 0.717) is 24.6 Å². The molecule has 0 saturated carbocycles. The highest BCUT2D eigenvalue weighted by Crippen LogP contribution is 2.25. The van der Waals surface area contributed by atoms with Gasteiger partial charge in [0.1, 0.15) is 17.2 Å². The second-order valence-electron chi connectivity index (χ2n) is 5.64. The number of hydrogen-bond acceptors (Lipinski definition) is 4. The monoisotopic (exact) mass is 355 g/mol. The molecule has 1 amide bonds. The van der Waals surface area contributed by atoms with Crippen LogP contribution in [-0.4, -0.2) is 38.7 Å². The summed E-state index contributed by atoms with van der Waals surface area (Å²) in [7, 11) is 4.83. The summed E-state index contributed by atoms with van der Waals surface area (Å²) in [6.07, 6.45) is 3.33. The highest BCUT2D eigenvalue weighted by atomic mass is 16.5. The van der Waals surface area contributed by atoms with Crippen molar-refractivity contribution in [3.63, 3.8) is 0 Å². The van der Waals surface area contributed by atoms with Crippen LogP contribution in [0.15, 0.2) is 48.5 Å². The maximum absolute atomic E-state index is 12.5. The molecule has 5 nitrogen and oxygen atoms in total. The summed E-state index contributed by atoms with van der Waals surface area (Å²) in [5.41, 5.74) is 1.87. The predicted molar refractivity (Wildman–Crippen MR) is 103 cm³/mol. The fourth-order valence-corrected chi connectivity index (χ4v) is 2.52. The van der Waals surface area contributed by atoms with E-state index in [4.69, 9.17) is 14.2 Å². The van der Waals surface area contributed by atoms with Crippen molar-refractivity contribution >= 4 is 12.0 Å². The van der Waals surface area contributed by atoms with Gasteiger partial charge in [0.25, 0.3) is 0 Å². The van der Waals surface area contributed by atoms with E-state index >= 15 is 0 Å². The number of rotatable bonds is 8. The quantitative estimate of drug-likeness (QED) is 0.676. The van der Waals surface area contributed by atoms with Gasteiger partial charge in [0, 0.05) is 30.8 Å². The van der Waals surface area contributed by atoms with Gasteiger partial charge in [0.15, 0.2) is 0 Å². The molecular formula is C21H25NO4. The van der Waals surface area contributed by atoms with E-state index in [1.165, 1.54) is 0 Å². The second kappa shape index (κ2) is 9.51. The number of methoxy groups -OCH3 is 3. The average Bonchev–Trinajstić information content (AvgIpc) is 2.70. The van der Waals surface area contributed by atoms with Crippen LogP contribution in [0, 0.1) is 0 Å². The van der Waals surface area contributed by atoms with Crippen molar-refractivity contribution in [2.75, 3.05) is 27.9 Å². The number of nitrogens with zero attached hydrogens (tertiary/aromatic N) is 1. The standard InChI is InChI=1S/C21H25NO4/c1-5-22(15-16-6-10-18(24-2)11-7-16)21(23)13-9-17-8-12-19(25-3)14-20(17)26-4/h6-14H,5,15H2,1-4H3/b13-9+. The molecule has 0 aliphatic rings. The summed E-state index contributed by atoms with van der Waals surface area (Å²) in [6, 6.07) is 13.2. The zero-order chi connectivity index (χ0) is 18.9. The lowest BCUT2D eigenvalue weighted by Gasteiger charge is -2.19. The van der Waals surface area contributed by atoms with E-state index in [-0.39, 0.29) is 5.91 Å². The number of benzene rings is 2. The lowest BCUT2D eigenvalue weighted by atomic mass is 10.1. The molecule has 0 unspecified atom stereocenters. The van der Waals surface area contributed by atoms with Gasteiger partial charge in [0.2, 0.25) is 5.91 Å². The molecule has 2 aromatic carbocycles. The van der Waals surface area contributed by atoms with Gasteiger partial charge in [-0.25, -0.2) is 0 Å². The van der Waals surface area contributed by atoms with Gasteiger partial charge in [-0.1, -0.05) is 12.1 Å². The van der Waals surface area contributed by atoms with Crippen molar-refractivity contribution < 1.29 is 19.0 Å². The van der Waals surface area contributed by atoms with E-state index < -0.39 is 0 Å². The fraction of sp³-hybridized carbons (Fsp3) is 0.286. The Hall–Kier alpha value is -2.95. The number of amides is 1. The lowest BCUT2D eigenvalue weighted by molar-refractivity contribution is -0.126. The van der Waals surface area contributed by atoms with Crippen LogP contribution in [0.1, 0.15) is 18.1 Å². The van der Waals surface area contributed by atoms with Crippen LogP contribution in [0.5, 0.6) is 17.2 Å². The van der Waals surface area contributed by atoms with Crippen molar-refractivity contribution in [1.29, 1.82) is 0 Å². The zero-order valence-electron chi connectivity index (χ0n) is 15.7. The Morgan fingerprint density at radius 2 is 1.62 bits per heavy atom.